The van der Waals surface area contributed by atoms with Crippen LogP contribution in [0.25, 0.3) is 10.9 Å². The van der Waals surface area contributed by atoms with Crippen molar-refractivity contribution < 1.29 is 14.2 Å². The van der Waals surface area contributed by atoms with Gasteiger partial charge >= 0.3 is 6.01 Å². The monoisotopic (exact) mass is 559 g/mol. The zero-order valence-corrected chi connectivity index (χ0v) is 23.7. The van der Waals surface area contributed by atoms with Crippen molar-refractivity contribution in [2.24, 2.45) is 0 Å². The molecule has 1 aromatic carbocycles. The summed E-state index contributed by atoms with van der Waals surface area (Å²) in [4.78, 5) is 20.9. The molecule has 2 bridgehead atoms. The average molecular weight is 560 g/mol. The smallest absolute Gasteiger partial charge is 0.319 e. The van der Waals surface area contributed by atoms with Crippen molar-refractivity contribution in [3.8, 4) is 6.01 Å². The predicted octanol–water partition coefficient (Wildman–Crippen LogP) is 3.48. The van der Waals surface area contributed by atoms with E-state index in [1.807, 2.05) is 30.0 Å². The molecule has 2 N–H and O–H groups in total. The molecular weight excluding hydrogens is 521 g/mol. The summed E-state index contributed by atoms with van der Waals surface area (Å²) in [6.45, 7) is 6.67. The fourth-order valence-electron chi connectivity index (χ4n) is 8.22. The minimum atomic E-state index is -0.614. The lowest BCUT2D eigenvalue weighted by atomic mass is 9.95. The highest BCUT2D eigenvalue weighted by molar-refractivity contribution is 5.92. The number of hydrogen-bond donors (Lipinski definition) is 2. The number of fused-ring (bicyclic) bond motifs is 5. The zero-order chi connectivity index (χ0) is 27.7. The molecule has 4 saturated heterocycles. The fourth-order valence-corrected chi connectivity index (χ4v) is 8.22. The molecule has 3 atom stereocenters. The van der Waals surface area contributed by atoms with Crippen molar-refractivity contribution in [3.63, 3.8) is 0 Å². The van der Waals surface area contributed by atoms with Gasteiger partial charge in [0, 0.05) is 43.5 Å². The summed E-state index contributed by atoms with van der Waals surface area (Å²) in [6, 6.07) is 7.03. The number of aromatic nitrogens is 3. The van der Waals surface area contributed by atoms with Crippen LogP contribution in [-0.4, -0.2) is 88.0 Å². The molecule has 4 fully saturated rings. The number of para-hydroxylation sites is 1. The van der Waals surface area contributed by atoms with Gasteiger partial charge in [-0.1, -0.05) is 18.2 Å². The van der Waals surface area contributed by atoms with Crippen LogP contribution in [0.2, 0.25) is 0 Å². The number of aliphatic hydroxyl groups is 1. The van der Waals surface area contributed by atoms with Gasteiger partial charge < -0.3 is 25.0 Å². The van der Waals surface area contributed by atoms with E-state index in [1.165, 1.54) is 12.8 Å². The standard InChI is InChI=1S/C31H38FN7O2/c1-19-5-2-6-20-13-23(40)17-39(27(19)20)29-25(32)26-24(14-33-29)28(37-15-21-7-8-22(16-37)34-21)36-30(35-26)41-18-31-9-3-11-38(31)12-4-10-31/h2,5-6,14,21-23,34,40H,3-4,7-13,15-18H2,1H3. The first-order valence-corrected chi connectivity index (χ1v) is 15.3. The lowest BCUT2D eigenvalue weighted by Crippen LogP contribution is -2.51. The molecule has 0 aliphatic carbocycles. The molecule has 7 heterocycles. The quantitative estimate of drug-likeness (QED) is 0.488. The maximum atomic E-state index is 16.7. The number of halogens is 1. The van der Waals surface area contributed by atoms with E-state index >= 15 is 4.39 Å². The summed E-state index contributed by atoms with van der Waals surface area (Å²) < 4.78 is 23.1. The van der Waals surface area contributed by atoms with E-state index in [0.717, 1.165) is 68.7 Å². The molecule has 3 aromatic rings. The first kappa shape index (κ1) is 25.6. The highest BCUT2D eigenvalue weighted by Crippen LogP contribution is 2.41. The highest BCUT2D eigenvalue weighted by Gasteiger charge is 2.45. The normalized spacial score (nSPS) is 27.0. The molecule has 3 unspecified atom stereocenters. The summed E-state index contributed by atoms with van der Waals surface area (Å²) in [5.74, 6) is 0.377. The van der Waals surface area contributed by atoms with Gasteiger partial charge in [-0.25, -0.2) is 9.37 Å². The summed E-state index contributed by atoms with van der Waals surface area (Å²) in [6.07, 6.45) is 8.52. The van der Waals surface area contributed by atoms with E-state index in [9.17, 15) is 5.11 Å². The molecule has 216 valence electrons. The van der Waals surface area contributed by atoms with Crippen LogP contribution >= 0.6 is 0 Å². The predicted molar refractivity (Wildman–Crippen MR) is 156 cm³/mol. The molecule has 5 aliphatic rings. The Kier molecular flexibility index (Phi) is 6.09. The van der Waals surface area contributed by atoms with Crippen molar-refractivity contribution in [1.82, 2.24) is 25.2 Å². The second-order valence-corrected chi connectivity index (χ2v) is 12.8. The lowest BCUT2D eigenvalue weighted by Gasteiger charge is -2.36. The number of rotatable bonds is 5. The lowest BCUT2D eigenvalue weighted by molar-refractivity contribution is 0.108. The molecule has 10 heteroatoms. The van der Waals surface area contributed by atoms with E-state index in [4.69, 9.17) is 14.7 Å². The van der Waals surface area contributed by atoms with Crippen LogP contribution in [0.4, 0.5) is 21.7 Å². The van der Waals surface area contributed by atoms with Crippen LogP contribution in [0.3, 0.4) is 0 Å². The van der Waals surface area contributed by atoms with Crippen LogP contribution in [0.15, 0.2) is 24.4 Å². The second kappa shape index (κ2) is 9.74. The molecule has 0 radical (unpaired) electrons. The number of nitrogens with one attached hydrogen (secondary N) is 1. The number of anilines is 3. The number of pyridine rings is 1. The van der Waals surface area contributed by atoms with E-state index in [1.54, 1.807) is 6.20 Å². The van der Waals surface area contributed by atoms with E-state index in [2.05, 4.69) is 20.1 Å². The van der Waals surface area contributed by atoms with Gasteiger partial charge in [-0.3, -0.25) is 4.90 Å². The molecule has 5 aliphatic heterocycles. The maximum absolute atomic E-state index is 16.7. The third-order valence-corrected chi connectivity index (χ3v) is 10.1. The zero-order valence-electron chi connectivity index (χ0n) is 23.7. The van der Waals surface area contributed by atoms with Gasteiger partial charge in [0.15, 0.2) is 11.6 Å². The largest absolute Gasteiger partial charge is 0.461 e. The van der Waals surface area contributed by atoms with Crippen LogP contribution in [0.5, 0.6) is 6.01 Å². The Labute approximate surface area is 239 Å². The Morgan fingerprint density at radius 2 is 1.85 bits per heavy atom. The highest BCUT2D eigenvalue weighted by atomic mass is 19.1. The molecule has 2 aromatic heterocycles. The van der Waals surface area contributed by atoms with Gasteiger partial charge in [0.1, 0.15) is 17.9 Å². The molecule has 41 heavy (non-hydrogen) atoms. The average Bonchev–Trinajstić information content (AvgIpc) is 3.65. The van der Waals surface area contributed by atoms with Crippen molar-refractivity contribution in [2.75, 3.05) is 49.1 Å². The number of nitrogens with zero attached hydrogens (tertiary/aromatic N) is 6. The van der Waals surface area contributed by atoms with Gasteiger partial charge in [0.05, 0.1) is 23.6 Å². The van der Waals surface area contributed by atoms with E-state index in [-0.39, 0.29) is 29.4 Å². The molecule has 8 rings (SSSR count). The first-order chi connectivity index (χ1) is 20.0. The van der Waals surface area contributed by atoms with Gasteiger partial charge in [0.2, 0.25) is 0 Å². The van der Waals surface area contributed by atoms with Gasteiger partial charge in [-0.15, -0.1) is 0 Å². The summed E-state index contributed by atoms with van der Waals surface area (Å²) in [5, 5.41) is 15.0. The Morgan fingerprint density at radius 3 is 2.63 bits per heavy atom. The molecule has 0 amide bonds. The summed E-state index contributed by atoms with van der Waals surface area (Å²) in [5.41, 5.74) is 3.19. The number of hydrogen-bond acceptors (Lipinski definition) is 9. The molecule has 0 spiro atoms. The number of piperazine rings is 1. The van der Waals surface area contributed by atoms with E-state index < -0.39 is 11.9 Å². The number of benzene rings is 1. The summed E-state index contributed by atoms with van der Waals surface area (Å²) >= 11 is 0. The van der Waals surface area contributed by atoms with Crippen LogP contribution in [0.1, 0.15) is 49.7 Å². The van der Waals surface area contributed by atoms with Crippen molar-refractivity contribution in [1.29, 1.82) is 0 Å². The van der Waals surface area contributed by atoms with Gasteiger partial charge in [-0.05, 0) is 69.7 Å². The topological polar surface area (TPSA) is 89.9 Å². The Morgan fingerprint density at radius 1 is 1.07 bits per heavy atom. The van der Waals surface area contributed by atoms with Crippen molar-refractivity contribution in [2.45, 2.75) is 75.6 Å². The van der Waals surface area contributed by atoms with E-state index in [0.29, 0.717) is 36.3 Å². The minimum absolute atomic E-state index is 0.0414. The van der Waals surface area contributed by atoms with Gasteiger partial charge in [-0.2, -0.15) is 9.97 Å². The number of ether oxygens (including phenoxy) is 1. The first-order valence-electron chi connectivity index (χ1n) is 15.3. The molecular formula is C31H38FN7O2. The van der Waals surface area contributed by atoms with Crippen LogP contribution in [-0.2, 0) is 6.42 Å². The maximum Gasteiger partial charge on any atom is 0.319 e. The molecule has 0 saturated carbocycles. The fraction of sp³-hybridized carbons (Fsp3) is 0.581. The summed E-state index contributed by atoms with van der Waals surface area (Å²) in [7, 11) is 0. The van der Waals surface area contributed by atoms with Crippen LogP contribution in [0, 0.1) is 12.7 Å². The van der Waals surface area contributed by atoms with Crippen molar-refractivity contribution >= 4 is 28.2 Å². The Hall–Kier alpha value is -3.08. The third-order valence-electron chi connectivity index (χ3n) is 10.1. The molecule has 9 nitrogen and oxygen atoms in total. The number of β-amino-alcohol motifs (C(OH)–C–C–N with tert-alkyl or cyclic N) is 1. The third kappa shape index (κ3) is 4.25. The van der Waals surface area contributed by atoms with Gasteiger partial charge in [0.25, 0.3) is 0 Å². The minimum Gasteiger partial charge on any atom is -0.461 e. The SMILES string of the molecule is Cc1cccc2c1N(c1ncc3c(N4CC5CCC(C4)N5)nc(OCC45CCCN4CCC5)nc3c1F)CC(O)C2. The number of aliphatic hydroxyl groups excluding tert-OH is 1. The Balaban J connectivity index is 1.22. The van der Waals surface area contributed by atoms with Crippen molar-refractivity contribution in [3.05, 3.63) is 41.3 Å². The van der Waals surface area contributed by atoms with Crippen LogP contribution < -0.4 is 19.9 Å². The second-order valence-electron chi connectivity index (χ2n) is 12.8. The Bertz CT molecular complexity index is 1480. The number of aryl methyl sites for hydroxylation is 1.